The largest absolute Gasteiger partial charge is 0.318 e. The summed E-state index contributed by atoms with van der Waals surface area (Å²) >= 11 is 0. The third-order valence-corrected chi connectivity index (χ3v) is 5.58. The van der Waals surface area contributed by atoms with Gasteiger partial charge >= 0.3 is 0 Å². The molecule has 0 saturated carbocycles. The lowest BCUT2D eigenvalue weighted by atomic mass is 10.2. The summed E-state index contributed by atoms with van der Waals surface area (Å²) in [6.45, 7) is 10.7. The van der Waals surface area contributed by atoms with Crippen molar-refractivity contribution in [3.8, 4) is 0 Å². The van der Waals surface area contributed by atoms with Gasteiger partial charge in [-0.1, -0.05) is 13.8 Å². The maximum Gasteiger partial charge on any atom is 0.218 e. The Labute approximate surface area is 112 Å². The van der Waals surface area contributed by atoms with Crippen LogP contribution in [0.5, 0.6) is 0 Å². The number of sulfonamides is 1. The summed E-state index contributed by atoms with van der Waals surface area (Å²) in [7, 11) is -1.35. The zero-order valence-electron chi connectivity index (χ0n) is 12.0. The monoisotopic (exact) mass is 277 g/mol. The Balaban J connectivity index is 2.51. The molecule has 1 rings (SSSR count). The van der Waals surface area contributed by atoms with Crippen molar-refractivity contribution in [3.05, 3.63) is 0 Å². The van der Waals surface area contributed by atoms with E-state index in [2.05, 4.69) is 24.1 Å². The molecule has 1 heterocycles. The van der Waals surface area contributed by atoms with Crippen molar-refractivity contribution in [1.29, 1.82) is 0 Å². The molecule has 1 aliphatic rings. The number of piperazine rings is 1. The lowest BCUT2D eigenvalue weighted by molar-refractivity contribution is 0.171. The van der Waals surface area contributed by atoms with Crippen molar-refractivity contribution in [2.45, 2.75) is 26.0 Å². The van der Waals surface area contributed by atoms with E-state index in [1.165, 1.54) is 0 Å². The lowest BCUT2D eigenvalue weighted by Crippen LogP contribution is -2.52. The SMILES string of the molecule is CNCC(C)S(=O)(=O)N1CCN(CC(C)C)CC1. The fraction of sp³-hybridized carbons (Fsp3) is 1.00. The lowest BCUT2D eigenvalue weighted by Gasteiger charge is -2.36. The third kappa shape index (κ3) is 4.19. The van der Waals surface area contributed by atoms with Crippen LogP contribution in [0.25, 0.3) is 0 Å². The summed E-state index contributed by atoms with van der Waals surface area (Å²) in [6, 6.07) is 0. The minimum absolute atomic E-state index is 0.348. The molecule has 0 spiro atoms. The van der Waals surface area contributed by atoms with Crippen LogP contribution in [-0.4, -0.2) is 69.2 Å². The van der Waals surface area contributed by atoms with E-state index in [1.54, 1.807) is 18.3 Å². The Bertz CT molecular complexity index is 335. The molecule has 0 radical (unpaired) electrons. The maximum absolute atomic E-state index is 12.3. The molecule has 0 bridgehead atoms. The van der Waals surface area contributed by atoms with Gasteiger partial charge in [0.15, 0.2) is 0 Å². The van der Waals surface area contributed by atoms with Crippen LogP contribution in [0, 0.1) is 5.92 Å². The first kappa shape index (κ1) is 15.9. The average molecular weight is 277 g/mol. The predicted molar refractivity (Wildman–Crippen MR) is 75.2 cm³/mol. The second kappa shape index (κ2) is 6.84. The topological polar surface area (TPSA) is 52.7 Å². The van der Waals surface area contributed by atoms with Crippen LogP contribution in [0.4, 0.5) is 0 Å². The van der Waals surface area contributed by atoms with Gasteiger partial charge in [-0.15, -0.1) is 0 Å². The van der Waals surface area contributed by atoms with Gasteiger partial charge in [0, 0.05) is 39.3 Å². The van der Waals surface area contributed by atoms with Crippen LogP contribution < -0.4 is 5.32 Å². The Morgan fingerprint density at radius 3 is 2.11 bits per heavy atom. The van der Waals surface area contributed by atoms with Gasteiger partial charge < -0.3 is 10.2 Å². The normalized spacial score (nSPS) is 21.4. The third-order valence-electron chi connectivity index (χ3n) is 3.31. The molecule has 18 heavy (non-hydrogen) atoms. The molecule has 0 aromatic carbocycles. The molecule has 0 amide bonds. The Morgan fingerprint density at radius 1 is 1.11 bits per heavy atom. The predicted octanol–water partition coefficient (Wildman–Crippen LogP) is 0.198. The standard InChI is InChI=1S/C12H27N3O2S/c1-11(2)10-14-5-7-15(8-6-14)18(16,17)12(3)9-13-4/h11-13H,5-10H2,1-4H3. The van der Waals surface area contributed by atoms with Crippen LogP contribution in [0.15, 0.2) is 0 Å². The summed E-state index contributed by atoms with van der Waals surface area (Å²) in [5.41, 5.74) is 0. The zero-order valence-corrected chi connectivity index (χ0v) is 12.8. The number of hydrogen-bond donors (Lipinski definition) is 1. The first-order chi connectivity index (χ1) is 8.37. The first-order valence-electron chi connectivity index (χ1n) is 6.73. The summed E-state index contributed by atoms with van der Waals surface area (Å²) in [5, 5.41) is 2.58. The van der Waals surface area contributed by atoms with E-state index in [0.29, 0.717) is 25.6 Å². The van der Waals surface area contributed by atoms with E-state index >= 15 is 0 Å². The van der Waals surface area contributed by atoms with Gasteiger partial charge in [0.2, 0.25) is 10.0 Å². The van der Waals surface area contributed by atoms with E-state index in [0.717, 1.165) is 19.6 Å². The smallest absolute Gasteiger partial charge is 0.218 e. The van der Waals surface area contributed by atoms with Crippen molar-refractivity contribution in [2.75, 3.05) is 46.3 Å². The number of hydrogen-bond acceptors (Lipinski definition) is 4. The summed E-state index contributed by atoms with van der Waals surface area (Å²) in [5.74, 6) is 0.636. The van der Waals surface area contributed by atoms with Crippen molar-refractivity contribution < 1.29 is 8.42 Å². The van der Waals surface area contributed by atoms with Crippen LogP contribution in [0.1, 0.15) is 20.8 Å². The van der Waals surface area contributed by atoms with Crippen LogP contribution >= 0.6 is 0 Å². The van der Waals surface area contributed by atoms with Crippen LogP contribution in [0.2, 0.25) is 0 Å². The fourth-order valence-electron chi connectivity index (χ4n) is 2.33. The molecule has 1 atom stereocenters. The number of nitrogens with zero attached hydrogens (tertiary/aromatic N) is 2. The van der Waals surface area contributed by atoms with Gasteiger partial charge in [-0.05, 0) is 19.9 Å². The van der Waals surface area contributed by atoms with E-state index in [1.807, 2.05) is 0 Å². The molecule has 108 valence electrons. The van der Waals surface area contributed by atoms with Gasteiger partial charge in [0.05, 0.1) is 5.25 Å². The molecule has 1 fully saturated rings. The van der Waals surface area contributed by atoms with Crippen molar-refractivity contribution >= 4 is 10.0 Å². The molecular weight excluding hydrogens is 250 g/mol. The summed E-state index contributed by atoms with van der Waals surface area (Å²) in [4.78, 5) is 2.35. The number of nitrogens with one attached hydrogen (secondary N) is 1. The molecule has 1 N–H and O–H groups in total. The van der Waals surface area contributed by atoms with Crippen molar-refractivity contribution in [2.24, 2.45) is 5.92 Å². The highest BCUT2D eigenvalue weighted by molar-refractivity contribution is 7.89. The minimum Gasteiger partial charge on any atom is -0.318 e. The highest BCUT2D eigenvalue weighted by Gasteiger charge is 2.31. The van der Waals surface area contributed by atoms with Crippen LogP contribution in [0.3, 0.4) is 0 Å². The molecule has 1 aliphatic heterocycles. The zero-order chi connectivity index (χ0) is 13.8. The Morgan fingerprint density at radius 2 is 1.67 bits per heavy atom. The highest BCUT2D eigenvalue weighted by Crippen LogP contribution is 2.13. The Kier molecular flexibility index (Phi) is 6.04. The van der Waals surface area contributed by atoms with Crippen molar-refractivity contribution in [1.82, 2.24) is 14.5 Å². The molecule has 0 aromatic rings. The fourth-order valence-corrected chi connectivity index (χ4v) is 3.89. The molecule has 0 aromatic heterocycles. The van der Waals surface area contributed by atoms with Crippen LogP contribution in [-0.2, 0) is 10.0 Å². The van der Waals surface area contributed by atoms with E-state index in [-0.39, 0.29) is 5.25 Å². The van der Waals surface area contributed by atoms with Gasteiger partial charge in [0.1, 0.15) is 0 Å². The summed E-state index contributed by atoms with van der Waals surface area (Å²) in [6.07, 6.45) is 0. The van der Waals surface area contributed by atoms with Crippen molar-refractivity contribution in [3.63, 3.8) is 0 Å². The highest BCUT2D eigenvalue weighted by atomic mass is 32.2. The van der Waals surface area contributed by atoms with E-state index < -0.39 is 10.0 Å². The Hall–Kier alpha value is -0.170. The summed E-state index contributed by atoms with van der Waals surface area (Å²) < 4.78 is 26.2. The van der Waals surface area contributed by atoms with Gasteiger partial charge in [-0.3, -0.25) is 0 Å². The van der Waals surface area contributed by atoms with Gasteiger partial charge in [-0.2, -0.15) is 4.31 Å². The second-order valence-electron chi connectivity index (χ2n) is 5.51. The molecule has 1 saturated heterocycles. The molecular formula is C12H27N3O2S. The molecule has 6 heteroatoms. The second-order valence-corrected chi connectivity index (χ2v) is 7.86. The molecule has 0 aliphatic carbocycles. The maximum atomic E-state index is 12.3. The first-order valence-corrected chi connectivity index (χ1v) is 8.24. The van der Waals surface area contributed by atoms with E-state index in [9.17, 15) is 8.42 Å². The average Bonchev–Trinajstić information content (AvgIpc) is 2.29. The minimum atomic E-state index is -3.13. The molecule has 5 nitrogen and oxygen atoms in total. The molecule has 1 unspecified atom stereocenters. The van der Waals surface area contributed by atoms with Gasteiger partial charge in [0.25, 0.3) is 0 Å². The van der Waals surface area contributed by atoms with E-state index in [4.69, 9.17) is 0 Å². The number of rotatable bonds is 6. The van der Waals surface area contributed by atoms with Gasteiger partial charge in [-0.25, -0.2) is 8.42 Å². The quantitative estimate of drug-likeness (QED) is 0.753.